The molecule has 0 spiro atoms. The number of fused-ring (bicyclic) bond motifs is 1. The maximum atomic E-state index is 12.5. The van der Waals surface area contributed by atoms with Crippen molar-refractivity contribution in [2.45, 2.75) is 13.5 Å². The van der Waals surface area contributed by atoms with Crippen molar-refractivity contribution in [1.29, 1.82) is 0 Å². The normalized spacial score (nSPS) is 10.6. The number of hydrogen-bond acceptors (Lipinski definition) is 4. The van der Waals surface area contributed by atoms with E-state index >= 15 is 0 Å². The third-order valence-electron chi connectivity index (χ3n) is 3.41. The molecule has 6 nitrogen and oxygen atoms in total. The van der Waals surface area contributed by atoms with E-state index in [1.54, 1.807) is 18.3 Å². The van der Waals surface area contributed by atoms with Crippen LogP contribution >= 0.6 is 0 Å². The highest BCUT2D eigenvalue weighted by Gasteiger charge is 2.16. The van der Waals surface area contributed by atoms with E-state index in [-0.39, 0.29) is 5.91 Å². The Bertz CT molecular complexity index is 826. The van der Waals surface area contributed by atoms with Crippen LogP contribution in [0.2, 0.25) is 0 Å². The molecule has 3 aromatic rings. The summed E-state index contributed by atoms with van der Waals surface area (Å²) in [4.78, 5) is 21.0. The number of anilines is 1. The molecule has 0 aliphatic carbocycles. The van der Waals surface area contributed by atoms with E-state index in [9.17, 15) is 4.79 Å². The van der Waals surface area contributed by atoms with Crippen LogP contribution in [-0.2, 0) is 6.54 Å². The highest BCUT2D eigenvalue weighted by atomic mass is 16.5. The molecule has 1 aromatic carbocycles. The summed E-state index contributed by atoms with van der Waals surface area (Å²) in [5.74, 6) is 0.508. The molecule has 0 radical (unpaired) electrons. The van der Waals surface area contributed by atoms with Gasteiger partial charge in [0.15, 0.2) is 0 Å². The Morgan fingerprint density at radius 2 is 2.09 bits per heavy atom. The summed E-state index contributed by atoms with van der Waals surface area (Å²) in [5, 5.41) is 2.83. The molecular weight excluding hydrogens is 280 g/mol. The zero-order valence-electron chi connectivity index (χ0n) is 12.4. The molecule has 0 saturated heterocycles. The van der Waals surface area contributed by atoms with Crippen molar-refractivity contribution < 1.29 is 9.53 Å². The topological polar surface area (TPSA) is 69.0 Å². The van der Waals surface area contributed by atoms with Gasteiger partial charge < -0.3 is 9.30 Å². The van der Waals surface area contributed by atoms with Gasteiger partial charge in [-0.2, -0.15) is 0 Å². The fourth-order valence-corrected chi connectivity index (χ4v) is 2.39. The van der Waals surface area contributed by atoms with Crippen LogP contribution in [0, 0.1) is 0 Å². The van der Waals surface area contributed by atoms with Crippen LogP contribution < -0.4 is 10.1 Å². The molecule has 0 bridgehead atoms. The summed E-state index contributed by atoms with van der Waals surface area (Å²) in [6, 6.07) is 11.1. The van der Waals surface area contributed by atoms with Crippen molar-refractivity contribution in [2.24, 2.45) is 0 Å². The summed E-state index contributed by atoms with van der Waals surface area (Å²) in [7, 11) is 1.49. The first-order chi connectivity index (χ1) is 10.7. The number of carbonyl (C=O) groups excluding carboxylic acids is 1. The number of benzene rings is 1. The first kappa shape index (κ1) is 14.1. The second-order valence-corrected chi connectivity index (χ2v) is 4.68. The number of aromatic nitrogens is 3. The van der Waals surface area contributed by atoms with E-state index in [1.165, 1.54) is 7.11 Å². The molecule has 0 fully saturated rings. The predicted octanol–water partition coefficient (Wildman–Crippen LogP) is 2.71. The quantitative estimate of drug-likeness (QED) is 0.803. The summed E-state index contributed by atoms with van der Waals surface area (Å²) < 4.78 is 7.07. The Labute approximate surface area is 127 Å². The molecule has 0 aliphatic heterocycles. The molecule has 112 valence electrons. The van der Waals surface area contributed by atoms with Gasteiger partial charge in [0, 0.05) is 12.7 Å². The number of nitrogens with one attached hydrogen (secondary N) is 1. The molecule has 0 unspecified atom stereocenters. The Morgan fingerprint density at radius 3 is 2.86 bits per heavy atom. The van der Waals surface area contributed by atoms with E-state index in [0.717, 1.165) is 11.0 Å². The van der Waals surface area contributed by atoms with Crippen molar-refractivity contribution in [3.05, 3.63) is 48.2 Å². The van der Waals surface area contributed by atoms with Crippen LogP contribution in [0.4, 0.5) is 5.95 Å². The van der Waals surface area contributed by atoms with Crippen LogP contribution in [0.15, 0.2) is 42.6 Å². The van der Waals surface area contributed by atoms with Gasteiger partial charge in [-0.1, -0.05) is 12.1 Å². The Hall–Kier alpha value is -2.89. The molecule has 0 saturated carbocycles. The van der Waals surface area contributed by atoms with Crippen LogP contribution in [0.25, 0.3) is 11.0 Å². The van der Waals surface area contributed by atoms with Gasteiger partial charge in [-0.3, -0.25) is 10.1 Å². The van der Waals surface area contributed by atoms with E-state index in [1.807, 2.05) is 35.8 Å². The van der Waals surface area contributed by atoms with Gasteiger partial charge in [0.2, 0.25) is 11.8 Å². The van der Waals surface area contributed by atoms with E-state index in [4.69, 9.17) is 4.74 Å². The van der Waals surface area contributed by atoms with Crippen molar-refractivity contribution >= 4 is 22.9 Å². The number of hydrogen-bond donors (Lipinski definition) is 1. The number of nitrogens with zero attached hydrogens (tertiary/aromatic N) is 3. The molecular formula is C16H16N4O2. The lowest BCUT2D eigenvalue weighted by Gasteiger charge is -2.09. The number of rotatable bonds is 4. The molecule has 0 aliphatic rings. The fraction of sp³-hybridized carbons (Fsp3) is 0.188. The molecule has 6 heteroatoms. The lowest BCUT2D eigenvalue weighted by atomic mass is 10.2. The average Bonchev–Trinajstić information content (AvgIpc) is 2.91. The molecule has 22 heavy (non-hydrogen) atoms. The minimum atomic E-state index is -0.296. The Morgan fingerprint density at radius 1 is 1.27 bits per heavy atom. The third-order valence-corrected chi connectivity index (χ3v) is 3.41. The predicted molar refractivity (Wildman–Crippen MR) is 84.1 cm³/mol. The zero-order chi connectivity index (χ0) is 15.5. The van der Waals surface area contributed by atoms with Crippen molar-refractivity contribution in [2.75, 3.05) is 12.4 Å². The summed E-state index contributed by atoms with van der Waals surface area (Å²) in [6.07, 6.45) is 1.58. The van der Waals surface area contributed by atoms with E-state index < -0.39 is 0 Å². The monoisotopic (exact) mass is 296 g/mol. The third kappa shape index (κ3) is 2.39. The first-order valence-corrected chi connectivity index (χ1v) is 7.00. The van der Waals surface area contributed by atoms with Gasteiger partial charge in [0.25, 0.3) is 5.91 Å². The van der Waals surface area contributed by atoms with E-state index in [0.29, 0.717) is 23.9 Å². The van der Waals surface area contributed by atoms with Gasteiger partial charge in [-0.15, -0.1) is 0 Å². The summed E-state index contributed by atoms with van der Waals surface area (Å²) in [5.41, 5.74) is 2.20. The van der Waals surface area contributed by atoms with Crippen LogP contribution in [-0.4, -0.2) is 27.6 Å². The van der Waals surface area contributed by atoms with Gasteiger partial charge in [0.1, 0.15) is 5.56 Å². The van der Waals surface area contributed by atoms with Crippen LogP contribution in [0.1, 0.15) is 17.3 Å². The Kier molecular flexibility index (Phi) is 3.74. The largest absolute Gasteiger partial charge is 0.480 e. The number of para-hydroxylation sites is 2. The average molecular weight is 296 g/mol. The van der Waals surface area contributed by atoms with Crippen LogP contribution in [0.5, 0.6) is 5.88 Å². The minimum Gasteiger partial charge on any atom is -0.480 e. The van der Waals surface area contributed by atoms with Gasteiger partial charge in [-0.25, -0.2) is 9.97 Å². The minimum absolute atomic E-state index is 0.291. The number of methoxy groups -OCH3 is 1. The number of ether oxygens (including phenoxy) is 1. The molecule has 0 atom stereocenters. The standard InChI is InChI=1S/C16H16N4O2/c1-3-20-13-9-5-4-8-12(13)18-16(20)19-14(21)11-7-6-10-17-15(11)22-2/h4-10H,3H2,1-2H3,(H,18,19,21). The smallest absolute Gasteiger partial charge is 0.263 e. The molecule has 1 N–H and O–H groups in total. The van der Waals surface area contributed by atoms with Gasteiger partial charge in [0.05, 0.1) is 18.1 Å². The Balaban J connectivity index is 1.97. The number of carbonyl (C=O) groups is 1. The number of amides is 1. The highest BCUT2D eigenvalue weighted by molar-refractivity contribution is 6.05. The maximum absolute atomic E-state index is 12.5. The lowest BCUT2D eigenvalue weighted by molar-refractivity contribution is 0.102. The number of imidazole rings is 1. The molecule has 3 rings (SSSR count). The second kappa shape index (κ2) is 5.85. The van der Waals surface area contributed by atoms with Crippen molar-refractivity contribution in [3.63, 3.8) is 0 Å². The number of pyridine rings is 1. The molecule has 1 amide bonds. The highest BCUT2D eigenvalue weighted by Crippen LogP contribution is 2.21. The maximum Gasteiger partial charge on any atom is 0.263 e. The first-order valence-electron chi connectivity index (χ1n) is 7.00. The SMILES string of the molecule is CCn1c(NC(=O)c2cccnc2OC)nc2ccccc21. The molecule has 2 heterocycles. The van der Waals surface area contributed by atoms with Crippen LogP contribution in [0.3, 0.4) is 0 Å². The second-order valence-electron chi connectivity index (χ2n) is 4.68. The summed E-state index contributed by atoms with van der Waals surface area (Å²) in [6.45, 7) is 2.72. The lowest BCUT2D eigenvalue weighted by Crippen LogP contribution is -2.17. The fourth-order valence-electron chi connectivity index (χ4n) is 2.39. The van der Waals surface area contributed by atoms with Crippen molar-refractivity contribution in [1.82, 2.24) is 14.5 Å². The molecule has 2 aromatic heterocycles. The van der Waals surface area contributed by atoms with Gasteiger partial charge >= 0.3 is 0 Å². The van der Waals surface area contributed by atoms with Crippen molar-refractivity contribution in [3.8, 4) is 5.88 Å². The van der Waals surface area contributed by atoms with Gasteiger partial charge in [-0.05, 0) is 31.2 Å². The summed E-state index contributed by atoms with van der Waals surface area (Å²) >= 11 is 0. The zero-order valence-corrected chi connectivity index (χ0v) is 12.4. The van der Waals surface area contributed by atoms with E-state index in [2.05, 4.69) is 15.3 Å². The number of aryl methyl sites for hydroxylation is 1.